The number of nitrogens with zero attached hydrogens (tertiary/aromatic N) is 2. The van der Waals surface area contributed by atoms with Gasteiger partial charge in [-0.25, -0.2) is 4.79 Å². The third kappa shape index (κ3) is 4.59. The summed E-state index contributed by atoms with van der Waals surface area (Å²) in [5, 5.41) is 3.36. The van der Waals surface area contributed by atoms with Crippen LogP contribution in [0, 0.1) is 5.92 Å². The Morgan fingerprint density at radius 1 is 1.25 bits per heavy atom. The molecule has 0 saturated carbocycles. The van der Waals surface area contributed by atoms with Gasteiger partial charge in [-0.3, -0.25) is 9.88 Å². The lowest BCUT2D eigenvalue weighted by Gasteiger charge is -2.26. The average molecular weight is 323 g/mol. The first-order chi connectivity index (χ1) is 11.8. The summed E-state index contributed by atoms with van der Waals surface area (Å²) < 4.78 is 5.34. The number of pyridine rings is 1. The third-order valence-corrected chi connectivity index (χ3v) is 3.95. The molecule has 5 nitrogen and oxygen atoms in total. The molecule has 1 atom stereocenters. The summed E-state index contributed by atoms with van der Waals surface area (Å²) in [4.78, 5) is 17.8. The first kappa shape index (κ1) is 16.1. The van der Waals surface area contributed by atoms with E-state index in [1.807, 2.05) is 48.7 Å². The van der Waals surface area contributed by atoms with Gasteiger partial charge in [0.05, 0.1) is 5.69 Å². The van der Waals surface area contributed by atoms with Crippen LogP contribution in [0.1, 0.15) is 12.0 Å². The van der Waals surface area contributed by atoms with Crippen LogP contribution >= 0.6 is 0 Å². The monoisotopic (exact) mass is 323 g/mol. The SMILES string of the molecule is O=C(OCc1ccccc1)N1C=CC(CNc2cccnc2)CC1. The molecule has 0 radical (unpaired) electrons. The maximum atomic E-state index is 12.1. The lowest BCUT2D eigenvalue weighted by molar-refractivity contribution is 0.107. The molecule has 0 aliphatic carbocycles. The van der Waals surface area contributed by atoms with E-state index >= 15 is 0 Å². The van der Waals surface area contributed by atoms with E-state index in [9.17, 15) is 4.79 Å². The summed E-state index contributed by atoms with van der Waals surface area (Å²) in [7, 11) is 0. The van der Waals surface area contributed by atoms with Crippen molar-refractivity contribution in [1.82, 2.24) is 9.88 Å². The van der Waals surface area contributed by atoms with Crippen LogP contribution in [0.15, 0.2) is 67.1 Å². The number of aromatic nitrogens is 1. The number of carbonyl (C=O) groups excluding carboxylic acids is 1. The molecule has 5 heteroatoms. The van der Waals surface area contributed by atoms with E-state index in [-0.39, 0.29) is 6.09 Å². The zero-order valence-electron chi connectivity index (χ0n) is 13.5. The van der Waals surface area contributed by atoms with Gasteiger partial charge in [-0.15, -0.1) is 0 Å². The number of carbonyl (C=O) groups is 1. The number of ether oxygens (including phenoxy) is 1. The van der Waals surface area contributed by atoms with Gasteiger partial charge < -0.3 is 10.1 Å². The molecule has 124 valence electrons. The molecule has 1 aromatic carbocycles. The van der Waals surface area contributed by atoms with Crippen molar-refractivity contribution < 1.29 is 9.53 Å². The zero-order valence-corrected chi connectivity index (χ0v) is 13.5. The van der Waals surface area contributed by atoms with Crippen molar-refractivity contribution in [3.05, 3.63) is 72.7 Å². The number of hydrogen-bond donors (Lipinski definition) is 1. The predicted molar refractivity (Wildman–Crippen MR) is 93.3 cm³/mol. The molecule has 0 fully saturated rings. The molecule has 3 rings (SSSR count). The molecule has 1 aromatic heterocycles. The Hall–Kier alpha value is -2.82. The fraction of sp³-hybridized carbons (Fsp3) is 0.263. The second-order valence-electron chi connectivity index (χ2n) is 5.75. The highest BCUT2D eigenvalue weighted by atomic mass is 16.6. The van der Waals surface area contributed by atoms with E-state index < -0.39 is 0 Å². The number of benzene rings is 1. The Morgan fingerprint density at radius 3 is 2.83 bits per heavy atom. The second-order valence-corrected chi connectivity index (χ2v) is 5.75. The minimum absolute atomic E-state index is 0.297. The van der Waals surface area contributed by atoms with Gasteiger partial charge in [0.15, 0.2) is 0 Å². The zero-order chi connectivity index (χ0) is 16.6. The Bertz CT molecular complexity index is 674. The number of rotatable bonds is 5. The van der Waals surface area contributed by atoms with E-state index in [1.165, 1.54) is 0 Å². The Morgan fingerprint density at radius 2 is 2.12 bits per heavy atom. The highest BCUT2D eigenvalue weighted by molar-refractivity contribution is 5.69. The maximum absolute atomic E-state index is 12.1. The quantitative estimate of drug-likeness (QED) is 0.912. The van der Waals surface area contributed by atoms with Gasteiger partial charge in [-0.05, 0) is 30.0 Å². The number of anilines is 1. The Balaban J connectivity index is 1.43. The number of nitrogens with one attached hydrogen (secondary N) is 1. The fourth-order valence-electron chi connectivity index (χ4n) is 2.54. The molecule has 0 saturated heterocycles. The van der Waals surface area contributed by atoms with Gasteiger partial charge in [0.2, 0.25) is 0 Å². The normalized spacial score (nSPS) is 16.7. The maximum Gasteiger partial charge on any atom is 0.414 e. The van der Waals surface area contributed by atoms with Gasteiger partial charge in [-0.1, -0.05) is 36.4 Å². The lowest BCUT2D eigenvalue weighted by Crippen LogP contribution is -2.32. The van der Waals surface area contributed by atoms with E-state index in [1.54, 1.807) is 17.3 Å². The van der Waals surface area contributed by atoms with Gasteiger partial charge in [0, 0.05) is 31.7 Å². The summed E-state index contributed by atoms with van der Waals surface area (Å²) >= 11 is 0. The topological polar surface area (TPSA) is 54.5 Å². The lowest BCUT2D eigenvalue weighted by atomic mass is 10.0. The molecule has 1 N–H and O–H groups in total. The summed E-state index contributed by atoms with van der Waals surface area (Å²) in [6.07, 6.45) is 8.05. The van der Waals surface area contributed by atoms with Gasteiger partial charge in [0.25, 0.3) is 0 Å². The summed E-state index contributed by atoms with van der Waals surface area (Å²) in [6, 6.07) is 13.6. The Kier molecular flexibility index (Phi) is 5.45. The molecular weight excluding hydrogens is 302 g/mol. The molecule has 2 aromatic rings. The van der Waals surface area contributed by atoms with Crippen LogP contribution in [0.3, 0.4) is 0 Å². The molecular formula is C19H21N3O2. The van der Waals surface area contributed by atoms with Gasteiger partial charge >= 0.3 is 6.09 Å². The highest BCUT2D eigenvalue weighted by Gasteiger charge is 2.19. The summed E-state index contributed by atoms with van der Waals surface area (Å²) in [6.45, 7) is 1.80. The molecule has 1 aliphatic rings. The van der Waals surface area contributed by atoms with Crippen molar-refractivity contribution in [2.24, 2.45) is 5.92 Å². The molecule has 1 amide bonds. The van der Waals surface area contributed by atoms with E-state index in [0.717, 1.165) is 24.2 Å². The van der Waals surface area contributed by atoms with Gasteiger partial charge in [-0.2, -0.15) is 0 Å². The van der Waals surface area contributed by atoms with Crippen molar-refractivity contribution in [2.75, 3.05) is 18.4 Å². The third-order valence-electron chi connectivity index (χ3n) is 3.95. The molecule has 0 bridgehead atoms. The van der Waals surface area contributed by atoms with Crippen molar-refractivity contribution in [3.63, 3.8) is 0 Å². The van der Waals surface area contributed by atoms with Gasteiger partial charge in [0.1, 0.15) is 6.61 Å². The summed E-state index contributed by atoms with van der Waals surface area (Å²) in [5.41, 5.74) is 2.00. The van der Waals surface area contributed by atoms with E-state index in [0.29, 0.717) is 19.1 Å². The average Bonchev–Trinajstić information content (AvgIpc) is 2.66. The standard InChI is InChI=1S/C19H21N3O2/c23-19(24-15-17-5-2-1-3-6-17)22-11-8-16(9-12-22)13-21-18-7-4-10-20-14-18/h1-8,10-11,14,16,21H,9,12-13,15H2. The van der Waals surface area contributed by atoms with Crippen molar-refractivity contribution in [2.45, 2.75) is 13.0 Å². The first-order valence-corrected chi connectivity index (χ1v) is 8.11. The summed E-state index contributed by atoms with van der Waals surface area (Å²) in [5.74, 6) is 0.392. The fourth-order valence-corrected chi connectivity index (χ4v) is 2.54. The number of amides is 1. The predicted octanol–water partition coefficient (Wildman–Crippen LogP) is 3.67. The molecule has 24 heavy (non-hydrogen) atoms. The molecule has 0 spiro atoms. The van der Waals surface area contributed by atoms with E-state index in [2.05, 4.69) is 16.4 Å². The van der Waals surface area contributed by atoms with Crippen LogP contribution in [-0.4, -0.2) is 29.1 Å². The largest absolute Gasteiger partial charge is 0.444 e. The molecule has 2 heterocycles. The molecule has 1 unspecified atom stereocenters. The smallest absolute Gasteiger partial charge is 0.414 e. The highest BCUT2D eigenvalue weighted by Crippen LogP contribution is 2.16. The molecule has 1 aliphatic heterocycles. The van der Waals surface area contributed by atoms with Crippen LogP contribution in [0.2, 0.25) is 0 Å². The van der Waals surface area contributed by atoms with Crippen molar-refractivity contribution in [3.8, 4) is 0 Å². The van der Waals surface area contributed by atoms with Crippen LogP contribution in [0.25, 0.3) is 0 Å². The minimum atomic E-state index is -0.297. The Labute approximate surface area is 142 Å². The second kappa shape index (κ2) is 8.15. The van der Waals surface area contributed by atoms with Crippen LogP contribution < -0.4 is 5.32 Å². The van der Waals surface area contributed by atoms with Crippen LogP contribution in [-0.2, 0) is 11.3 Å². The van der Waals surface area contributed by atoms with E-state index in [4.69, 9.17) is 4.74 Å². The number of hydrogen-bond acceptors (Lipinski definition) is 4. The first-order valence-electron chi connectivity index (χ1n) is 8.11. The van der Waals surface area contributed by atoms with Crippen LogP contribution in [0.5, 0.6) is 0 Å². The minimum Gasteiger partial charge on any atom is -0.444 e. The van der Waals surface area contributed by atoms with Crippen molar-refractivity contribution >= 4 is 11.8 Å². The van der Waals surface area contributed by atoms with Crippen molar-refractivity contribution in [1.29, 1.82) is 0 Å². The van der Waals surface area contributed by atoms with Crippen LogP contribution in [0.4, 0.5) is 10.5 Å².